The number of carbonyl (C=O) groups excluding carboxylic acids is 1. The van der Waals surface area contributed by atoms with E-state index in [1.54, 1.807) is 0 Å². The van der Waals surface area contributed by atoms with Crippen molar-refractivity contribution in [2.24, 2.45) is 0 Å². The lowest BCUT2D eigenvalue weighted by Crippen LogP contribution is -2.11. The second-order valence-corrected chi connectivity index (χ2v) is 8.23. The minimum absolute atomic E-state index is 0.0338. The van der Waals surface area contributed by atoms with E-state index in [1.165, 1.54) is 0 Å². The average molecular weight is 507 g/mol. The summed E-state index contributed by atoms with van der Waals surface area (Å²) in [6.45, 7) is -0.195. The molecule has 0 aromatic heterocycles. The lowest BCUT2D eigenvalue weighted by atomic mass is 10.1. The quantitative estimate of drug-likeness (QED) is 0.190. The molecule has 0 aliphatic carbocycles. The number of carbonyl (C=O) groups is 1. The second kappa shape index (κ2) is 9.47. The lowest BCUT2D eigenvalue weighted by molar-refractivity contribution is -0.385. The zero-order valence-corrected chi connectivity index (χ0v) is 17.5. The van der Waals surface area contributed by atoms with Gasteiger partial charge in [0.1, 0.15) is 23.7 Å². The van der Waals surface area contributed by atoms with Crippen LogP contribution in [-0.4, -0.2) is 23.4 Å². The molecule has 30 heavy (non-hydrogen) atoms. The van der Waals surface area contributed by atoms with Crippen LogP contribution in [0.15, 0.2) is 36.4 Å². The van der Waals surface area contributed by atoms with E-state index in [4.69, 9.17) is 55.9 Å². The van der Waals surface area contributed by atoms with E-state index in [0.717, 1.165) is 24.3 Å². The predicted molar refractivity (Wildman–Crippen MR) is 105 cm³/mol. The van der Waals surface area contributed by atoms with Crippen molar-refractivity contribution in [3.8, 4) is 11.5 Å². The van der Waals surface area contributed by atoms with Gasteiger partial charge in [0.25, 0.3) is 5.69 Å². The van der Waals surface area contributed by atoms with Crippen LogP contribution in [0.25, 0.3) is 0 Å². The smallest absolute Gasteiger partial charge is 0.416 e. The third-order valence-electron chi connectivity index (χ3n) is 3.54. The molecule has 0 spiro atoms. The van der Waals surface area contributed by atoms with Crippen molar-refractivity contribution < 1.29 is 32.4 Å². The van der Waals surface area contributed by atoms with Crippen LogP contribution in [0.2, 0.25) is 0 Å². The molecule has 6 nitrogen and oxygen atoms in total. The molecule has 0 bridgehead atoms. The van der Waals surface area contributed by atoms with Crippen LogP contribution in [0, 0.1) is 10.1 Å². The SMILES string of the molecule is O=C(OCCCl)c1cc(Oc2ccc(C(F)(F)F)cc2C(Cl)(Cl)Cl)ccc1[N+](=O)[O-]. The average Bonchev–Trinajstić information content (AvgIpc) is 2.64. The molecule has 0 unspecified atom stereocenters. The number of alkyl halides is 7. The number of halogens is 7. The van der Waals surface area contributed by atoms with Crippen molar-refractivity contribution in [2.45, 2.75) is 9.97 Å². The standard InChI is InChI=1S/C17H10Cl4F3NO5/c18-5-6-29-15(26)11-8-10(2-3-13(11)25(27)28)30-14-4-1-9(17(22,23)24)7-12(14)16(19,20)21/h1-4,7-8H,5-6H2. The molecule has 0 heterocycles. The minimum Gasteiger partial charge on any atom is -0.461 e. The van der Waals surface area contributed by atoms with Crippen molar-refractivity contribution in [1.82, 2.24) is 0 Å². The molecule has 0 saturated carbocycles. The van der Waals surface area contributed by atoms with Crippen LogP contribution in [0.3, 0.4) is 0 Å². The van der Waals surface area contributed by atoms with Crippen molar-refractivity contribution in [2.75, 3.05) is 12.5 Å². The van der Waals surface area contributed by atoms with E-state index < -0.39 is 43.2 Å². The van der Waals surface area contributed by atoms with Crippen LogP contribution in [0.4, 0.5) is 18.9 Å². The molecular formula is C17H10Cl4F3NO5. The number of hydrogen-bond acceptors (Lipinski definition) is 5. The first-order valence-corrected chi connectivity index (χ1v) is 9.49. The zero-order valence-electron chi connectivity index (χ0n) is 14.5. The fourth-order valence-electron chi connectivity index (χ4n) is 2.25. The Kier molecular flexibility index (Phi) is 7.68. The summed E-state index contributed by atoms with van der Waals surface area (Å²) in [7, 11) is 0. The normalized spacial score (nSPS) is 11.8. The summed E-state index contributed by atoms with van der Waals surface area (Å²) >= 11 is 22.7. The highest BCUT2D eigenvalue weighted by atomic mass is 35.6. The summed E-state index contributed by atoms with van der Waals surface area (Å²) < 4.78 is 46.9. The maximum Gasteiger partial charge on any atom is 0.416 e. The Balaban J connectivity index is 2.49. The third-order valence-corrected chi connectivity index (χ3v) is 4.30. The van der Waals surface area contributed by atoms with Gasteiger partial charge in [-0.2, -0.15) is 13.2 Å². The number of ether oxygens (including phenoxy) is 2. The molecule has 2 aromatic rings. The van der Waals surface area contributed by atoms with Crippen molar-refractivity contribution in [1.29, 1.82) is 0 Å². The summed E-state index contributed by atoms with van der Waals surface area (Å²) in [5, 5.41) is 11.2. The third kappa shape index (κ3) is 6.04. The summed E-state index contributed by atoms with van der Waals surface area (Å²) in [6.07, 6.45) is -4.70. The van der Waals surface area contributed by atoms with Gasteiger partial charge in [0.15, 0.2) is 0 Å². The van der Waals surface area contributed by atoms with E-state index in [1.807, 2.05) is 0 Å². The van der Waals surface area contributed by atoms with Gasteiger partial charge < -0.3 is 9.47 Å². The molecule has 2 rings (SSSR count). The Morgan fingerprint density at radius 2 is 1.77 bits per heavy atom. The van der Waals surface area contributed by atoms with Crippen LogP contribution in [-0.2, 0) is 14.7 Å². The number of hydrogen-bond donors (Lipinski definition) is 0. The van der Waals surface area contributed by atoms with Crippen molar-refractivity contribution in [3.63, 3.8) is 0 Å². The Labute approximate surface area is 187 Å². The van der Waals surface area contributed by atoms with Gasteiger partial charge in [0.05, 0.1) is 16.4 Å². The zero-order chi connectivity index (χ0) is 22.7. The van der Waals surface area contributed by atoms with Crippen molar-refractivity contribution >= 4 is 58.1 Å². The number of benzene rings is 2. The first-order chi connectivity index (χ1) is 13.8. The molecule has 0 aliphatic heterocycles. The fourth-order valence-corrected chi connectivity index (χ4v) is 2.77. The van der Waals surface area contributed by atoms with Crippen LogP contribution in [0.1, 0.15) is 21.5 Å². The molecule has 0 radical (unpaired) electrons. The maximum absolute atomic E-state index is 13.0. The van der Waals surface area contributed by atoms with E-state index in [9.17, 15) is 28.1 Å². The van der Waals surface area contributed by atoms with E-state index in [-0.39, 0.29) is 24.0 Å². The fraction of sp³-hybridized carbons (Fsp3) is 0.235. The van der Waals surface area contributed by atoms with Gasteiger partial charge in [-0.05, 0) is 24.3 Å². The van der Waals surface area contributed by atoms with Crippen molar-refractivity contribution in [3.05, 3.63) is 63.2 Å². The Hall–Kier alpha value is -1.94. The highest BCUT2D eigenvalue weighted by molar-refractivity contribution is 6.66. The topological polar surface area (TPSA) is 78.7 Å². The van der Waals surface area contributed by atoms with Crippen LogP contribution in [0.5, 0.6) is 11.5 Å². The van der Waals surface area contributed by atoms with E-state index >= 15 is 0 Å². The summed E-state index contributed by atoms with van der Waals surface area (Å²) in [5.41, 5.74) is -2.53. The monoisotopic (exact) mass is 505 g/mol. The largest absolute Gasteiger partial charge is 0.461 e. The highest BCUT2D eigenvalue weighted by Crippen LogP contribution is 2.46. The molecule has 162 valence electrons. The molecule has 0 atom stereocenters. The van der Waals surface area contributed by atoms with Gasteiger partial charge in [-0.3, -0.25) is 10.1 Å². The first-order valence-electron chi connectivity index (χ1n) is 7.82. The predicted octanol–water partition coefficient (Wildman–Crippen LogP) is 6.63. The number of rotatable bonds is 6. The van der Waals surface area contributed by atoms with Gasteiger partial charge >= 0.3 is 12.1 Å². The second-order valence-electron chi connectivity index (χ2n) is 5.57. The van der Waals surface area contributed by atoms with Gasteiger partial charge in [0, 0.05) is 17.7 Å². The lowest BCUT2D eigenvalue weighted by Gasteiger charge is -2.19. The molecule has 2 aromatic carbocycles. The first kappa shape index (κ1) is 24.3. The number of esters is 1. The van der Waals surface area contributed by atoms with E-state index in [2.05, 4.69) is 0 Å². The molecule has 0 amide bonds. The molecule has 0 fully saturated rings. The molecule has 13 heteroatoms. The van der Waals surface area contributed by atoms with Crippen LogP contribution >= 0.6 is 46.4 Å². The number of nitro groups is 1. The maximum atomic E-state index is 13.0. The Morgan fingerprint density at radius 3 is 2.30 bits per heavy atom. The van der Waals surface area contributed by atoms with E-state index in [0.29, 0.717) is 12.1 Å². The Morgan fingerprint density at radius 1 is 1.10 bits per heavy atom. The highest BCUT2D eigenvalue weighted by Gasteiger charge is 2.35. The summed E-state index contributed by atoms with van der Waals surface area (Å²) in [5.74, 6) is -1.49. The molecular weight excluding hydrogens is 497 g/mol. The van der Waals surface area contributed by atoms with Crippen LogP contribution < -0.4 is 4.74 Å². The molecule has 0 saturated heterocycles. The summed E-state index contributed by atoms with van der Waals surface area (Å²) in [6, 6.07) is 5.29. The Bertz CT molecular complexity index is 963. The van der Waals surface area contributed by atoms with Gasteiger partial charge in [-0.1, -0.05) is 34.8 Å². The molecule has 0 aliphatic rings. The van der Waals surface area contributed by atoms with Gasteiger partial charge in [-0.25, -0.2) is 4.79 Å². The minimum atomic E-state index is -4.70. The number of nitro benzene ring substituents is 1. The molecule has 0 N–H and O–H groups in total. The number of nitrogens with zero attached hydrogens (tertiary/aromatic N) is 1. The van der Waals surface area contributed by atoms with Gasteiger partial charge in [0.2, 0.25) is 3.79 Å². The summed E-state index contributed by atoms with van der Waals surface area (Å²) in [4.78, 5) is 22.4. The van der Waals surface area contributed by atoms with Gasteiger partial charge in [-0.15, -0.1) is 11.6 Å².